The summed E-state index contributed by atoms with van der Waals surface area (Å²) in [6.45, 7) is 2.14. The van der Waals surface area contributed by atoms with Crippen molar-refractivity contribution >= 4 is 17.8 Å². The van der Waals surface area contributed by atoms with Gasteiger partial charge in [-0.3, -0.25) is 9.59 Å². The topological polar surface area (TPSA) is 373 Å². The van der Waals surface area contributed by atoms with E-state index in [-0.39, 0.29) is 12.3 Å². The normalized spacial score (nSPS) is 26.8. The number of carboxylic acids is 1. The van der Waals surface area contributed by atoms with Crippen molar-refractivity contribution in [3.05, 3.63) is 12.2 Å². The monoisotopic (exact) mass is 1450 g/mol. The molecule has 3 aliphatic rings. The average Bonchev–Trinajstić information content (AvgIpc) is 0.756. The Balaban J connectivity index is 1.38. The lowest BCUT2D eigenvalue weighted by Gasteiger charge is -2.50. The average molecular weight is 1450 g/mol. The van der Waals surface area contributed by atoms with Crippen LogP contribution in [0.1, 0.15) is 329 Å². The fourth-order valence-corrected chi connectivity index (χ4v) is 14.3. The van der Waals surface area contributed by atoms with Gasteiger partial charge < -0.3 is 100 Å². The van der Waals surface area contributed by atoms with E-state index in [0.717, 1.165) is 51.9 Å². The van der Waals surface area contributed by atoms with Gasteiger partial charge in [-0.25, -0.2) is 4.79 Å². The number of carboxylic acid groups (broad SMARTS) is 1. The van der Waals surface area contributed by atoms with Crippen molar-refractivity contribution in [3.8, 4) is 0 Å². The number of amides is 2. The molecule has 0 aromatic heterocycles. The molecule has 594 valence electrons. The highest BCUT2D eigenvalue weighted by molar-refractivity contribution is 5.77. The Kier molecular flexibility index (Phi) is 52.9. The molecule has 101 heavy (non-hydrogen) atoms. The summed E-state index contributed by atoms with van der Waals surface area (Å²) in [7, 11) is 0. The minimum absolute atomic E-state index is 0.205. The number of carbonyl (C=O) groups excluding carboxylic acids is 2. The predicted octanol–water partition coefficient (Wildman–Crippen LogP) is 10.6. The molecule has 0 bridgehead atoms. The molecule has 3 fully saturated rings. The standard InChI is InChI=1S/C78H146N2O21/c1-4-6-8-10-12-14-16-17-18-19-20-21-22-23-24-25-26-27-28-29-30-31-32-33-34-35-36-37-38-39-40-41-42-44-46-48-50-52-65(88)80-59(60(85)51-49-47-45-43-15-13-11-9-7-5-2)57-96-75-70(92)69(91)72(64(56-83)98-75)99-76-71(93)74(68(90)63(55-82)97-76)101-78(77(94)95)53-61(86)66(79-58(3)84)73(100-78)67(89)62(87)54-81/h49,51,59-64,66-76,81-83,85-87,89-93H,4-48,50,52-57H2,1-3H3,(H,79,84)(H,80,88)(H,94,95)/b51-49+. The maximum atomic E-state index is 13.5. The second-order valence-corrected chi connectivity index (χ2v) is 29.6. The number of aliphatic hydroxyl groups is 11. The maximum Gasteiger partial charge on any atom is 0.364 e. The van der Waals surface area contributed by atoms with Gasteiger partial charge >= 0.3 is 5.97 Å². The van der Waals surface area contributed by atoms with Crippen molar-refractivity contribution in [1.82, 2.24) is 10.6 Å². The predicted molar refractivity (Wildman–Crippen MR) is 389 cm³/mol. The Morgan fingerprint density at radius 3 is 1.32 bits per heavy atom. The van der Waals surface area contributed by atoms with Crippen LogP contribution >= 0.6 is 0 Å². The van der Waals surface area contributed by atoms with E-state index in [2.05, 4.69) is 24.5 Å². The third-order valence-corrected chi connectivity index (χ3v) is 20.7. The Morgan fingerprint density at radius 2 is 0.921 bits per heavy atom. The quantitative estimate of drug-likeness (QED) is 0.0199. The molecule has 23 heteroatoms. The molecule has 3 rings (SSSR count). The van der Waals surface area contributed by atoms with Gasteiger partial charge in [-0.15, -0.1) is 0 Å². The highest BCUT2D eigenvalue weighted by Crippen LogP contribution is 2.39. The molecule has 18 atom stereocenters. The zero-order valence-corrected chi connectivity index (χ0v) is 62.8. The third kappa shape index (κ3) is 38.2. The van der Waals surface area contributed by atoms with Crippen LogP contribution in [0.5, 0.6) is 0 Å². The van der Waals surface area contributed by atoms with Crippen LogP contribution in [0.3, 0.4) is 0 Å². The van der Waals surface area contributed by atoms with Crippen LogP contribution < -0.4 is 10.6 Å². The molecule has 18 unspecified atom stereocenters. The van der Waals surface area contributed by atoms with E-state index >= 15 is 0 Å². The number of unbranched alkanes of at least 4 members (excludes halogenated alkanes) is 44. The van der Waals surface area contributed by atoms with Gasteiger partial charge in [-0.1, -0.05) is 302 Å². The summed E-state index contributed by atoms with van der Waals surface area (Å²) in [5.74, 6) is -6.13. The molecule has 0 radical (unpaired) electrons. The summed E-state index contributed by atoms with van der Waals surface area (Å²) in [6, 6.07) is -2.61. The van der Waals surface area contributed by atoms with Crippen molar-refractivity contribution in [2.45, 2.75) is 439 Å². The number of rotatable bonds is 64. The SMILES string of the molecule is CCCCCCCCCC/C=C/C(O)C(COC1OC(CO)C(OC2OC(CO)C(O)C(OC3(C(=O)O)CC(O)C(NC(C)=O)C(C(O)C(O)CO)O3)C2O)C(O)C1O)NC(=O)CCCCCCCCCCCCCCCCCCCCCCCCCCCCCCCCCCCCCCC. The lowest BCUT2D eigenvalue weighted by atomic mass is 9.88. The fourth-order valence-electron chi connectivity index (χ4n) is 14.3. The van der Waals surface area contributed by atoms with Crippen molar-refractivity contribution in [2.24, 2.45) is 0 Å². The first kappa shape index (κ1) is 92.7. The first-order valence-electron chi connectivity index (χ1n) is 40.6. The van der Waals surface area contributed by atoms with E-state index in [4.69, 9.17) is 28.4 Å². The summed E-state index contributed by atoms with van der Waals surface area (Å²) in [6.07, 6.45) is 33.3. The number of ether oxygens (including phenoxy) is 6. The van der Waals surface area contributed by atoms with Gasteiger partial charge in [0.1, 0.15) is 67.1 Å². The van der Waals surface area contributed by atoms with Crippen molar-refractivity contribution < 1.29 is 104 Å². The Bertz CT molecular complexity index is 2070. The van der Waals surface area contributed by atoms with E-state index in [9.17, 15) is 75.7 Å². The second-order valence-electron chi connectivity index (χ2n) is 29.6. The van der Waals surface area contributed by atoms with Crippen LogP contribution in [-0.4, -0.2) is 215 Å². The van der Waals surface area contributed by atoms with Crippen LogP contribution in [0.15, 0.2) is 12.2 Å². The largest absolute Gasteiger partial charge is 0.477 e. The molecule has 0 spiro atoms. The van der Waals surface area contributed by atoms with E-state index < -0.39 is 155 Å². The smallest absolute Gasteiger partial charge is 0.364 e. The molecular formula is C78H146N2O21. The van der Waals surface area contributed by atoms with E-state index in [0.29, 0.717) is 12.8 Å². The molecule has 3 heterocycles. The van der Waals surface area contributed by atoms with Gasteiger partial charge in [0.2, 0.25) is 11.8 Å². The lowest BCUT2D eigenvalue weighted by molar-refractivity contribution is -0.386. The summed E-state index contributed by atoms with van der Waals surface area (Å²) < 4.78 is 34.8. The molecular weight excluding hydrogens is 1300 g/mol. The maximum absolute atomic E-state index is 13.5. The molecule has 14 N–H and O–H groups in total. The van der Waals surface area contributed by atoms with E-state index in [1.54, 1.807) is 6.08 Å². The van der Waals surface area contributed by atoms with E-state index in [1.165, 1.54) is 238 Å². The first-order valence-corrected chi connectivity index (χ1v) is 40.6. The van der Waals surface area contributed by atoms with Gasteiger partial charge in [0.25, 0.3) is 5.79 Å². The molecule has 3 aliphatic heterocycles. The highest BCUT2D eigenvalue weighted by atomic mass is 16.8. The van der Waals surface area contributed by atoms with Gasteiger partial charge in [0.15, 0.2) is 12.6 Å². The summed E-state index contributed by atoms with van der Waals surface area (Å²) in [5.41, 5.74) is 0. The van der Waals surface area contributed by atoms with Gasteiger partial charge in [-0.05, 0) is 19.3 Å². The summed E-state index contributed by atoms with van der Waals surface area (Å²) >= 11 is 0. The van der Waals surface area contributed by atoms with Crippen LogP contribution in [0, 0.1) is 0 Å². The number of nitrogens with one attached hydrogen (secondary N) is 2. The first-order chi connectivity index (χ1) is 48.9. The number of hydrogen-bond donors (Lipinski definition) is 14. The molecule has 0 aromatic carbocycles. The van der Waals surface area contributed by atoms with Crippen LogP contribution in [0.25, 0.3) is 0 Å². The number of hydrogen-bond acceptors (Lipinski definition) is 20. The second kappa shape index (κ2) is 57.6. The molecule has 0 aromatic rings. The highest BCUT2D eigenvalue weighted by Gasteiger charge is 2.60. The minimum Gasteiger partial charge on any atom is -0.477 e. The van der Waals surface area contributed by atoms with Crippen LogP contribution in [-0.2, 0) is 42.8 Å². The number of aliphatic hydroxyl groups excluding tert-OH is 11. The lowest BCUT2D eigenvalue weighted by Crippen LogP contribution is -2.70. The fraction of sp³-hybridized carbons (Fsp3) is 0.936. The van der Waals surface area contributed by atoms with Crippen LogP contribution in [0.4, 0.5) is 0 Å². The van der Waals surface area contributed by atoms with Gasteiger partial charge in [-0.2, -0.15) is 0 Å². The summed E-state index contributed by atoms with van der Waals surface area (Å²) in [4.78, 5) is 38.6. The van der Waals surface area contributed by atoms with Gasteiger partial charge in [0, 0.05) is 19.8 Å². The Labute approximate surface area is 607 Å². The molecule has 2 amide bonds. The number of allylic oxidation sites excluding steroid dienone is 1. The third-order valence-electron chi connectivity index (χ3n) is 20.7. The van der Waals surface area contributed by atoms with Crippen molar-refractivity contribution in [2.75, 3.05) is 26.4 Å². The zero-order chi connectivity index (χ0) is 73.9. The molecule has 0 aliphatic carbocycles. The molecule has 3 saturated heterocycles. The Hall–Kier alpha value is -2.53. The van der Waals surface area contributed by atoms with Gasteiger partial charge in [0.05, 0.1) is 50.7 Å². The zero-order valence-electron chi connectivity index (χ0n) is 62.8. The number of aliphatic carboxylic acids is 1. The van der Waals surface area contributed by atoms with Crippen molar-refractivity contribution in [3.63, 3.8) is 0 Å². The number of carbonyl (C=O) groups is 3. The molecule has 23 nitrogen and oxygen atoms in total. The van der Waals surface area contributed by atoms with Crippen molar-refractivity contribution in [1.29, 1.82) is 0 Å². The van der Waals surface area contributed by atoms with E-state index in [1.807, 2.05) is 6.08 Å². The minimum atomic E-state index is -3.08. The van der Waals surface area contributed by atoms with Crippen LogP contribution in [0.2, 0.25) is 0 Å². The summed E-state index contributed by atoms with van der Waals surface area (Å²) in [5, 5.41) is 136. The molecule has 0 saturated carbocycles. The Morgan fingerprint density at radius 1 is 0.515 bits per heavy atom.